The number of sulfone groups is 1. The molecule has 0 amide bonds. The van der Waals surface area contributed by atoms with Crippen LogP contribution in [0, 0.1) is 11.8 Å². The first-order valence-corrected chi connectivity index (χ1v) is 53.4. The van der Waals surface area contributed by atoms with E-state index in [0.717, 1.165) is 24.0 Å². The van der Waals surface area contributed by atoms with Gasteiger partial charge in [0, 0.05) is 32.3 Å². The minimum absolute atomic E-state index is 0.00674. The quantitative estimate of drug-likeness (QED) is 0.0307. The summed E-state index contributed by atoms with van der Waals surface area (Å²) in [6.07, 6.45) is 3.03. The number of esters is 1. The van der Waals surface area contributed by atoms with Crippen LogP contribution in [0.4, 0.5) is 0 Å². The Hall–Kier alpha value is -1.83. The smallest absolute Gasteiger partial charge is 0.308 e. The average molecular weight is 1490 g/mol. The van der Waals surface area contributed by atoms with Crippen LogP contribution in [0.3, 0.4) is 0 Å². The van der Waals surface area contributed by atoms with E-state index >= 15 is 0 Å². The Kier molecular flexibility index (Phi) is 28.8. The Labute approximate surface area is 606 Å². The molecule has 0 saturated carbocycles. The van der Waals surface area contributed by atoms with Crippen molar-refractivity contribution < 1.29 is 73.3 Å². The summed E-state index contributed by atoms with van der Waals surface area (Å²) < 4.78 is 113. The monoisotopic (exact) mass is 1490 g/mol. The number of allylic oxidation sites excluding steroid dienone is 1. The predicted octanol–water partition coefficient (Wildman–Crippen LogP) is 17.8. The molecule has 0 bridgehead atoms. The van der Waals surface area contributed by atoms with Crippen LogP contribution in [0.1, 0.15) is 181 Å². The summed E-state index contributed by atoms with van der Waals surface area (Å²) in [6.45, 7) is 67.8. The van der Waals surface area contributed by atoms with Crippen LogP contribution in [0.5, 0.6) is 0 Å². The molecule has 9 unspecified atom stereocenters. The highest BCUT2D eigenvalue weighted by atomic mass is 32.2. The number of ketones is 1. The minimum Gasteiger partial charge on any atom is -0.469 e. The Morgan fingerprint density at radius 3 is 1.74 bits per heavy atom. The lowest BCUT2D eigenvalue weighted by atomic mass is 9.83. The maximum Gasteiger partial charge on any atom is 0.308 e. The molecule has 5 saturated heterocycles. The molecule has 0 aliphatic carbocycles. The zero-order valence-corrected chi connectivity index (χ0v) is 72.7. The van der Waals surface area contributed by atoms with Gasteiger partial charge in [0.2, 0.25) is 0 Å². The van der Waals surface area contributed by atoms with Gasteiger partial charge in [0.05, 0.1) is 97.9 Å². The van der Waals surface area contributed by atoms with E-state index in [-0.39, 0.29) is 103 Å². The summed E-state index contributed by atoms with van der Waals surface area (Å²) in [6, 6.07) is 8.67. The van der Waals surface area contributed by atoms with Crippen LogP contribution in [-0.2, 0) is 74.7 Å². The van der Waals surface area contributed by atoms with Crippen molar-refractivity contribution >= 4 is 63.2 Å². The number of methoxy groups -OCH3 is 2. The molecule has 568 valence electrons. The zero-order chi connectivity index (χ0) is 74.8. The van der Waals surface area contributed by atoms with E-state index in [1.54, 1.807) is 37.5 Å². The van der Waals surface area contributed by atoms with E-state index in [1.165, 1.54) is 7.11 Å². The van der Waals surface area contributed by atoms with E-state index in [4.69, 9.17) is 55.3 Å². The van der Waals surface area contributed by atoms with Crippen molar-refractivity contribution in [3.8, 4) is 0 Å². The molecule has 5 aliphatic heterocycles. The highest BCUT2D eigenvalue weighted by Gasteiger charge is 2.59. The Morgan fingerprint density at radius 2 is 1.18 bits per heavy atom. The van der Waals surface area contributed by atoms with Crippen molar-refractivity contribution in [3.05, 3.63) is 66.8 Å². The van der Waals surface area contributed by atoms with Crippen LogP contribution >= 0.6 is 0 Å². The third-order valence-corrected chi connectivity index (χ3v) is 49.0. The molecule has 5 fully saturated rings. The lowest BCUT2D eigenvalue weighted by Crippen LogP contribution is -2.69. The van der Waals surface area contributed by atoms with Crippen LogP contribution in [0.15, 0.2) is 71.7 Å². The first-order chi connectivity index (χ1) is 45.1. The minimum atomic E-state index is -3.77. The highest BCUT2D eigenvalue weighted by molar-refractivity contribution is 7.91. The molecule has 0 radical (unpaired) electrons. The molecule has 22 heteroatoms. The van der Waals surface area contributed by atoms with Gasteiger partial charge in [-0.25, -0.2) is 8.42 Å². The number of ether oxygens (including phenoxy) is 7. The van der Waals surface area contributed by atoms with E-state index in [2.05, 4.69) is 189 Å². The van der Waals surface area contributed by atoms with Crippen LogP contribution < -0.4 is 0 Å². The first-order valence-electron chi connectivity index (χ1n) is 37.2. The topological polar surface area (TPSA) is 179 Å². The molecule has 1 aromatic rings. The van der Waals surface area contributed by atoms with E-state index in [9.17, 15) is 18.0 Å². The van der Waals surface area contributed by atoms with Crippen LogP contribution in [0.2, 0.25) is 90.7 Å². The molecule has 99 heavy (non-hydrogen) atoms. The molecule has 0 spiro atoms. The fraction of sp³-hybridized carbons (Fsp3) is 0.818. The van der Waals surface area contributed by atoms with Gasteiger partial charge in [0.25, 0.3) is 0 Å². The Balaban J connectivity index is 1.19. The van der Waals surface area contributed by atoms with Gasteiger partial charge < -0.3 is 55.3 Å². The molecular weight excluding hydrogens is 1350 g/mol. The van der Waals surface area contributed by atoms with Crippen molar-refractivity contribution in [2.24, 2.45) is 11.8 Å². The van der Waals surface area contributed by atoms with E-state index < -0.39 is 112 Å². The lowest BCUT2D eigenvalue weighted by Gasteiger charge is -2.56. The van der Waals surface area contributed by atoms with Crippen molar-refractivity contribution in [1.29, 1.82) is 0 Å². The summed E-state index contributed by atoms with van der Waals surface area (Å²) in [5, 5.41) is -0.559. The molecule has 0 aromatic heterocycles. The number of hydrogen-bond donors (Lipinski definition) is 0. The fourth-order valence-corrected chi connectivity index (χ4v) is 21.0. The standard InChI is InChI=1S/C77H138O16SSi5/c1-51-44-56(86-64(53(51)3)48-65-60(50-94(80,81)59-34-32-31-33-35-59)68(83-20)66(88-65)46-58(90-96(23,24)74(7,8)9)49-84-95(21,22)73(4,5)6)39-42-61-52(2)45-55(85-61)38-36-54(78)37-41-63(91-97(25,26)75(10,11)12)70-72(93-99(29,30)77(16,17)18)71(92-98(27,28)76(13,14)15)69-62(89-70)43-40-57(87-69)47-67(79)82-19/h31-35,37,41,51,55-58,60-66,68-72H,2-3,36,38-40,42-50H2,1,4-30H3/b41-37+/t51-,55?,56?,57?,58+,60?,61?,62+,63+,64-,65?,66?,68-,69+,70+,71?,72?/m1/s1. The summed E-state index contributed by atoms with van der Waals surface area (Å²) in [4.78, 5) is 27.4. The number of fused-ring (bicyclic) bond motifs is 1. The van der Waals surface area contributed by atoms with Crippen molar-refractivity contribution in [1.82, 2.24) is 0 Å². The molecule has 5 aliphatic rings. The molecule has 17 atom stereocenters. The zero-order valence-electron chi connectivity index (χ0n) is 66.9. The Morgan fingerprint density at radius 1 is 0.626 bits per heavy atom. The maximum atomic E-state index is 14.4. The number of carbonyl (C=O) groups excluding carboxylic acids is 2. The van der Waals surface area contributed by atoms with Crippen LogP contribution in [0.25, 0.3) is 0 Å². The van der Waals surface area contributed by atoms with Gasteiger partial charge in [-0.2, -0.15) is 0 Å². The van der Waals surface area contributed by atoms with Gasteiger partial charge >= 0.3 is 5.97 Å². The highest BCUT2D eigenvalue weighted by Crippen LogP contribution is 2.49. The number of benzene rings is 1. The summed E-state index contributed by atoms with van der Waals surface area (Å²) >= 11 is 0. The second-order valence-corrected chi connectivity index (χ2v) is 63.3. The third-order valence-electron chi connectivity index (χ3n) is 24.8. The van der Waals surface area contributed by atoms with Gasteiger partial charge in [-0.15, -0.1) is 0 Å². The summed E-state index contributed by atoms with van der Waals surface area (Å²) in [5.41, 5.74) is 1.99. The largest absolute Gasteiger partial charge is 0.469 e. The second kappa shape index (κ2) is 33.1. The molecule has 6 rings (SSSR count). The number of carbonyl (C=O) groups is 2. The van der Waals surface area contributed by atoms with Crippen molar-refractivity contribution in [2.45, 2.75) is 369 Å². The third kappa shape index (κ3) is 22.2. The summed E-state index contributed by atoms with van der Waals surface area (Å²) in [5.74, 6) is -0.886. The predicted molar refractivity (Wildman–Crippen MR) is 412 cm³/mol. The Bertz CT molecular complexity index is 2990. The maximum absolute atomic E-state index is 14.4. The number of hydrogen-bond acceptors (Lipinski definition) is 16. The van der Waals surface area contributed by atoms with Crippen molar-refractivity contribution in [2.75, 3.05) is 26.6 Å². The normalized spacial score (nSPS) is 29.8. The van der Waals surface area contributed by atoms with E-state index in [0.29, 0.717) is 51.6 Å². The van der Waals surface area contributed by atoms with Gasteiger partial charge in [-0.1, -0.05) is 148 Å². The fourth-order valence-electron chi connectivity index (χ4n) is 13.0. The SMILES string of the molecule is C=C1CC(CCC(=O)/C=C/[C@H](O[Si](C)(C)C(C)(C)C)[C@@H]2O[C@H]3CCC(CC(=O)OC)O[C@@H]3C(O[Si](C)(C)C(C)(C)C)C2O[Si](C)(C)C(C)(C)C)OC1CCC1C[C@@H](C)C(=C)[C@@H](CC2OC(C[C@@H](CO[Si](C)(C)C(C)(C)C)O[Si](C)(C)C(C)(C)C)[C@H](OC)C2CS(=O)(=O)c2ccccc2)O1. The molecule has 5 heterocycles. The average Bonchev–Trinajstić information content (AvgIpc) is 0.965. The molecule has 16 nitrogen and oxygen atoms in total. The van der Waals surface area contributed by atoms with Crippen LogP contribution in [-0.4, -0.2) is 180 Å². The second-order valence-electron chi connectivity index (χ2n) is 37.5. The van der Waals surface area contributed by atoms with Gasteiger partial charge in [-0.05, 0) is 171 Å². The first kappa shape index (κ1) is 86.1. The number of rotatable bonds is 30. The van der Waals surface area contributed by atoms with Gasteiger partial charge in [-0.3, -0.25) is 9.59 Å². The summed E-state index contributed by atoms with van der Waals surface area (Å²) in [7, 11) is -12.9. The molecule has 1 aromatic carbocycles. The molecule has 0 N–H and O–H groups in total. The van der Waals surface area contributed by atoms with E-state index in [1.807, 2.05) is 12.1 Å². The molecular formula is C77H138O16SSi5. The van der Waals surface area contributed by atoms with Crippen molar-refractivity contribution in [3.63, 3.8) is 0 Å². The lowest BCUT2D eigenvalue weighted by molar-refractivity contribution is -0.267. The van der Waals surface area contributed by atoms with Gasteiger partial charge in [0.15, 0.2) is 57.2 Å². The van der Waals surface area contributed by atoms with Gasteiger partial charge in [0.1, 0.15) is 24.4 Å².